The average Bonchev–Trinajstić information content (AvgIpc) is 2.67. The number of piperidine rings is 1. The van der Waals surface area contributed by atoms with Gasteiger partial charge in [0.15, 0.2) is 5.65 Å². The van der Waals surface area contributed by atoms with E-state index in [2.05, 4.69) is 54.3 Å². The number of likely N-dealkylation sites (tertiary alicyclic amines) is 1. The van der Waals surface area contributed by atoms with Gasteiger partial charge in [-0.1, -0.05) is 6.07 Å². The van der Waals surface area contributed by atoms with E-state index in [0.29, 0.717) is 11.2 Å². The van der Waals surface area contributed by atoms with Crippen LogP contribution in [0.5, 0.6) is 0 Å². The summed E-state index contributed by atoms with van der Waals surface area (Å²) in [6.07, 6.45) is 4.96. The topological polar surface area (TPSA) is 58.1 Å². The summed E-state index contributed by atoms with van der Waals surface area (Å²) in [6.45, 7) is 9.04. The zero-order valence-corrected chi connectivity index (χ0v) is 17.6. The lowest BCUT2D eigenvalue weighted by Gasteiger charge is -2.34. The number of pyridine rings is 2. The zero-order valence-electron chi connectivity index (χ0n) is 17.6. The van der Waals surface area contributed by atoms with E-state index < -0.39 is 0 Å². The van der Waals surface area contributed by atoms with Crippen molar-refractivity contribution in [1.29, 1.82) is 0 Å². The number of aryl methyl sites for hydroxylation is 3. The van der Waals surface area contributed by atoms with Crippen molar-refractivity contribution >= 4 is 28.3 Å². The van der Waals surface area contributed by atoms with E-state index in [-0.39, 0.29) is 11.9 Å². The molecule has 1 aliphatic heterocycles. The molecule has 29 heavy (non-hydrogen) atoms. The fourth-order valence-electron chi connectivity index (χ4n) is 4.21. The van der Waals surface area contributed by atoms with Crippen LogP contribution in [0.25, 0.3) is 11.0 Å². The minimum atomic E-state index is 0.0408. The SMILES string of the molecule is Cc1cc(C)cc(Nc2c(C(=O)N3CCCC[C@@H]3C)cnc3nc(C)ccc23)c1. The first-order chi connectivity index (χ1) is 13.9. The Balaban J connectivity index is 1.84. The smallest absolute Gasteiger partial charge is 0.257 e. The molecule has 4 rings (SSSR count). The quantitative estimate of drug-likeness (QED) is 0.660. The zero-order chi connectivity index (χ0) is 20.5. The van der Waals surface area contributed by atoms with Gasteiger partial charge in [0.05, 0.1) is 11.3 Å². The molecule has 0 aliphatic carbocycles. The maximum atomic E-state index is 13.5. The third-order valence-corrected chi connectivity index (χ3v) is 5.65. The van der Waals surface area contributed by atoms with Crippen molar-refractivity contribution in [1.82, 2.24) is 14.9 Å². The average molecular weight is 389 g/mol. The van der Waals surface area contributed by atoms with Crippen molar-refractivity contribution < 1.29 is 4.79 Å². The summed E-state index contributed by atoms with van der Waals surface area (Å²) in [6, 6.07) is 10.6. The van der Waals surface area contributed by atoms with Crippen molar-refractivity contribution in [3.8, 4) is 0 Å². The lowest BCUT2D eigenvalue weighted by atomic mass is 10.0. The van der Waals surface area contributed by atoms with E-state index in [1.54, 1.807) is 6.20 Å². The standard InChI is InChI=1S/C24H28N4O/c1-15-11-16(2)13-19(12-15)27-22-20-9-8-17(3)26-23(20)25-14-21(22)24(29)28-10-6-5-7-18(28)4/h8-9,11-14,18H,5-7,10H2,1-4H3,(H,25,26,27)/t18-/m0/s1. The lowest BCUT2D eigenvalue weighted by Crippen LogP contribution is -2.42. The number of anilines is 2. The van der Waals surface area contributed by atoms with E-state index in [0.717, 1.165) is 41.8 Å². The first kappa shape index (κ1) is 19.4. The first-order valence-electron chi connectivity index (χ1n) is 10.3. The summed E-state index contributed by atoms with van der Waals surface area (Å²) in [4.78, 5) is 24.6. The molecule has 0 spiro atoms. The Morgan fingerprint density at radius 2 is 1.86 bits per heavy atom. The van der Waals surface area contributed by atoms with Gasteiger partial charge >= 0.3 is 0 Å². The molecule has 1 aromatic carbocycles. The Kier molecular flexibility index (Phi) is 5.22. The van der Waals surface area contributed by atoms with Crippen LogP contribution in [0.3, 0.4) is 0 Å². The van der Waals surface area contributed by atoms with Gasteiger partial charge in [0.1, 0.15) is 0 Å². The van der Waals surface area contributed by atoms with Crippen LogP contribution in [0, 0.1) is 20.8 Å². The molecule has 1 saturated heterocycles. The number of aromatic nitrogens is 2. The van der Waals surface area contributed by atoms with E-state index in [9.17, 15) is 4.79 Å². The molecule has 1 fully saturated rings. The number of carbonyl (C=O) groups excluding carboxylic acids is 1. The highest BCUT2D eigenvalue weighted by molar-refractivity contribution is 6.07. The van der Waals surface area contributed by atoms with Crippen LogP contribution in [-0.4, -0.2) is 33.4 Å². The van der Waals surface area contributed by atoms with Crippen molar-refractivity contribution in [2.24, 2.45) is 0 Å². The van der Waals surface area contributed by atoms with Crippen LogP contribution in [0.4, 0.5) is 11.4 Å². The molecule has 0 bridgehead atoms. The van der Waals surface area contributed by atoms with Gasteiger partial charge in [-0.05, 0) is 82.3 Å². The maximum absolute atomic E-state index is 13.5. The molecule has 1 aliphatic rings. The number of benzene rings is 1. The van der Waals surface area contributed by atoms with Crippen molar-refractivity contribution in [3.05, 3.63) is 58.9 Å². The third kappa shape index (κ3) is 3.95. The van der Waals surface area contributed by atoms with Crippen LogP contribution < -0.4 is 5.32 Å². The van der Waals surface area contributed by atoms with E-state index in [1.807, 2.05) is 24.0 Å². The Hall–Kier alpha value is -2.95. The van der Waals surface area contributed by atoms with Crippen LogP contribution in [0.1, 0.15) is 53.4 Å². The van der Waals surface area contributed by atoms with Gasteiger partial charge in [0, 0.05) is 35.6 Å². The van der Waals surface area contributed by atoms with Gasteiger partial charge < -0.3 is 10.2 Å². The second-order valence-electron chi connectivity index (χ2n) is 8.22. The summed E-state index contributed by atoms with van der Waals surface area (Å²) in [7, 11) is 0. The summed E-state index contributed by atoms with van der Waals surface area (Å²) < 4.78 is 0. The van der Waals surface area contributed by atoms with Gasteiger partial charge in [0.2, 0.25) is 0 Å². The molecule has 5 nitrogen and oxygen atoms in total. The van der Waals surface area contributed by atoms with Crippen molar-refractivity contribution in [3.63, 3.8) is 0 Å². The molecule has 1 amide bonds. The molecule has 3 heterocycles. The van der Waals surface area contributed by atoms with Crippen LogP contribution in [0.2, 0.25) is 0 Å². The Morgan fingerprint density at radius 3 is 2.59 bits per heavy atom. The maximum Gasteiger partial charge on any atom is 0.257 e. The molecule has 2 aromatic heterocycles. The fourth-order valence-corrected chi connectivity index (χ4v) is 4.21. The Morgan fingerprint density at radius 1 is 1.10 bits per heavy atom. The normalized spacial score (nSPS) is 16.8. The molecular weight excluding hydrogens is 360 g/mol. The largest absolute Gasteiger partial charge is 0.354 e. The van der Waals surface area contributed by atoms with Gasteiger partial charge in [0.25, 0.3) is 5.91 Å². The number of hydrogen-bond acceptors (Lipinski definition) is 4. The van der Waals surface area contributed by atoms with Crippen LogP contribution in [0.15, 0.2) is 36.5 Å². The molecule has 1 N–H and O–H groups in total. The van der Waals surface area contributed by atoms with Gasteiger partial charge in [-0.15, -0.1) is 0 Å². The molecule has 3 aromatic rings. The van der Waals surface area contributed by atoms with E-state index in [1.165, 1.54) is 17.5 Å². The molecule has 1 atom stereocenters. The number of nitrogens with zero attached hydrogens (tertiary/aromatic N) is 3. The molecule has 0 radical (unpaired) electrons. The highest BCUT2D eigenvalue weighted by Crippen LogP contribution is 2.31. The van der Waals surface area contributed by atoms with Crippen LogP contribution in [-0.2, 0) is 0 Å². The highest BCUT2D eigenvalue weighted by atomic mass is 16.2. The van der Waals surface area contributed by atoms with Gasteiger partial charge in [-0.25, -0.2) is 9.97 Å². The monoisotopic (exact) mass is 388 g/mol. The van der Waals surface area contributed by atoms with Crippen LogP contribution >= 0.6 is 0 Å². The van der Waals surface area contributed by atoms with E-state index >= 15 is 0 Å². The number of carbonyl (C=O) groups is 1. The summed E-state index contributed by atoms with van der Waals surface area (Å²) in [5.74, 6) is 0.0408. The lowest BCUT2D eigenvalue weighted by molar-refractivity contribution is 0.0636. The molecule has 5 heteroatoms. The summed E-state index contributed by atoms with van der Waals surface area (Å²) in [5.41, 5.74) is 6.28. The summed E-state index contributed by atoms with van der Waals surface area (Å²) in [5, 5.41) is 4.39. The van der Waals surface area contributed by atoms with Crippen molar-refractivity contribution in [2.45, 2.75) is 53.0 Å². The highest BCUT2D eigenvalue weighted by Gasteiger charge is 2.27. The Labute approximate surface area is 172 Å². The molecular formula is C24H28N4O. The molecule has 0 unspecified atom stereocenters. The predicted octanol–water partition coefficient (Wildman–Crippen LogP) is 5.31. The minimum absolute atomic E-state index is 0.0408. The Bertz CT molecular complexity index is 1060. The minimum Gasteiger partial charge on any atom is -0.354 e. The fraction of sp³-hybridized carbons (Fsp3) is 0.375. The molecule has 150 valence electrons. The number of amides is 1. The second-order valence-corrected chi connectivity index (χ2v) is 8.22. The van der Waals surface area contributed by atoms with E-state index in [4.69, 9.17) is 0 Å². The molecule has 0 saturated carbocycles. The van der Waals surface area contributed by atoms with Crippen molar-refractivity contribution in [2.75, 3.05) is 11.9 Å². The number of rotatable bonds is 3. The first-order valence-corrected chi connectivity index (χ1v) is 10.3. The number of fused-ring (bicyclic) bond motifs is 1. The number of hydrogen-bond donors (Lipinski definition) is 1. The predicted molar refractivity (Wildman–Crippen MR) is 118 cm³/mol. The van der Waals surface area contributed by atoms with Gasteiger partial charge in [-0.2, -0.15) is 0 Å². The second kappa shape index (κ2) is 7.82. The number of nitrogens with one attached hydrogen (secondary N) is 1. The summed E-state index contributed by atoms with van der Waals surface area (Å²) >= 11 is 0. The third-order valence-electron chi connectivity index (χ3n) is 5.65. The van der Waals surface area contributed by atoms with Gasteiger partial charge in [-0.3, -0.25) is 4.79 Å².